The highest BCUT2D eigenvalue weighted by Gasteiger charge is 2.29. The minimum atomic E-state index is -1.03. The van der Waals surface area contributed by atoms with E-state index in [1.165, 1.54) is 0 Å². The van der Waals surface area contributed by atoms with E-state index in [2.05, 4.69) is 5.32 Å². The third-order valence-corrected chi connectivity index (χ3v) is 3.56. The first-order valence-electron chi connectivity index (χ1n) is 6.88. The van der Waals surface area contributed by atoms with E-state index in [1.54, 1.807) is 18.7 Å². The summed E-state index contributed by atoms with van der Waals surface area (Å²) in [5, 5.41) is 21.0. The van der Waals surface area contributed by atoms with Gasteiger partial charge in [-0.3, -0.25) is 0 Å². The van der Waals surface area contributed by atoms with Crippen molar-refractivity contribution in [3.8, 4) is 0 Å². The minimum absolute atomic E-state index is 0.0766. The molecular weight excluding hydrogens is 248 g/mol. The average Bonchev–Trinajstić information content (AvgIpc) is 2.59. The lowest BCUT2D eigenvalue weighted by atomic mass is 10.1. The van der Waals surface area contributed by atoms with E-state index in [4.69, 9.17) is 5.11 Å². The Morgan fingerprint density at radius 1 is 1.32 bits per heavy atom. The molecule has 3 N–H and O–H groups in total. The van der Waals surface area contributed by atoms with Gasteiger partial charge >= 0.3 is 12.0 Å². The summed E-state index contributed by atoms with van der Waals surface area (Å²) in [6.45, 7) is 4.00. The highest BCUT2D eigenvalue weighted by Crippen LogP contribution is 2.17. The van der Waals surface area contributed by atoms with E-state index >= 15 is 0 Å². The molecule has 1 rings (SSSR count). The SMILES string of the molecule is CC(C)C(NC(=O)N1CCCCCC1CO)C(=O)O. The Balaban J connectivity index is 2.70. The van der Waals surface area contributed by atoms with Crippen molar-refractivity contribution in [2.45, 2.75) is 51.6 Å². The van der Waals surface area contributed by atoms with Gasteiger partial charge < -0.3 is 20.4 Å². The number of hydrogen-bond donors (Lipinski definition) is 3. The van der Waals surface area contributed by atoms with Gasteiger partial charge in [-0.25, -0.2) is 9.59 Å². The molecule has 0 bridgehead atoms. The largest absolute Gasteiger partial charge is 0.480 e. The van der Waals surface area contributed by atoms with Crippen molar-refractivity contribution in [3.63, 3.8) is 0 Å². The highest BCUT2D eigenvalue weighted by molar-refractivity contribution is 5.83. The van der Waals surface area contributed by atoms with Gasteiger partial charge in [-0.1, -0.05) is 26.7 Å². The lowest BCUT2D eigenvalue weighted by molar-refractivity contribution is -0.140. The second kappa shape index (κ2) is 7.33. The molecule has 0 aromatic carbocycles. The molecule has 1 fully saturated rings. The van der Waals surface area contributed by atoms with Crippen LogP contribution in [0, 0.1) is 5.92 Å². The maximum Gasteiger partial charge on any atom is 0.326 e. The van der Waals surface area contributed by atoms with Gasteiger partial charge in [0.2, 0.25) is 0 Å². The van der Waals surface area contributed by atoms with Gasteiger partial charge in [-0.2, -0.15) is 0 Å². The normalized spacial score (nSPS) is 21.9. The van der Waals surface area contributed by atoms with Crippen molar-refractivity contribution in [1.29, 1.82) is 0 Å². The van der Waals surface area contributed by atoms with Gasteiger partial charge in [-0.15, -0.1) is 0 Å². The van der Waals surface area contributed by atoms with Crippen molar-refractivity contribution < 1.29 is 19.8 Å². The van der Waals surface area contributed by atoms with Crippen LogP contribution < -0.4 is 5.32 Å². The van der Waals surface area contributed by atoms with Gasteiger partial charge in [-0.05, 0) is 18.8 Å². The summed E-state index contributed by atoms with van der Waals surface area (Å²) >= 11 is 0. The maximum atomic E-state index is 12.2. The predicted octanol–water partition coefficient (Wildman–Crippen LogP) is 1.04. The first-order valence-corrected chi connectivity index (χ1v) is 6.88. The molecule has 2 atom stereocenters. The summed E-state index contributed by atoms with van der Waals surface area (Å²) in [6.07, 6.45) is 3.68. The molecule has 6 heteroatoms. The quantitative estimate of drug-likeness (QED) is 0.713. The van der Waals surface area contributed by atoms with E-state index < -0.39 is 12.0 Å². The molecule has 2 amide bonds. The number of rotatable bonds is 4. The zero-order chi connectivity index (χ0) is 14.4. The highest BCUT2D eigenvalue weighted by atomic mass is 16.4. The molecule has 1 heterocycles. The van der Waals surface area contributed by atoms with Crippen molar-refractivity contribution in [1.82, 2.24) is 10.2 Å². The lowest BCUT2D eigenvalue weighted by Gasteiger charge is -2.30. The fourth-order valence-corrected chi connectivity index (χ4v) is 2.36. The summed E-state index contributed by atoms with van der Waals surface area (Å²) in [4.78, 5) is 24.9. The fourth-order valence-electron chi connectivity index (χ4n) is 2.36. The molecule has 1 aliphatic heterocycles. The number of nitrogens with zero attached hydrogens (tertiary/aromatic N) is 1. The number of hydrogen-bond acceptors (Lipinski definition) is 3. The molecule has 0 aliphatic carbocycles. The fraction of sp³-hybridized carbons (Fsp3) is 0.846. The zero-order valence-electron chi connectivity index (χ0n) is 11.6. The maximum absolute atomic E-state index is 12.2. The minimum Gasteiger partial charge on any atom is -0.480 e. The number of aliphatic hydroxyl groups excluding tert-OH is 1. The summed E-state index contributed by atoms with van der Waals surface area (Å²) in [7, 11) is 0. The standard InChI is InChI=1S/C13H24N2O4/c1-9(2)11(12(17)18)14-13(19)15-7-5-3-4-6-10(15)8-16/h9-11,16H,3-8H2,1-2H3,(H,14,19)(H,17,18). The first-order chi connectivity index (χ1) is 8.97. The Labute approximate surface area is 113 Å². The third-order valence-electron chi connectivity index (χ3n) is 3.56. The molecule has 0 radical (unpaired) electrons. The van der Waals surface area contributed by atoms with Crippen molar-refractivity contribution in [2.75, 3.05) is 13.2 Å². The van der Waals surface area contributed by atoms with E-state index in [0.717, 1.165) is 25.7 Å². The Hall–Kier alpha value is -1.30. The van der Waals surface area contributed by atoms with E-state index in [9.17, 15) is 14.7 Å². The monoisotopic (exact) mass is 272 g/mol. The zero-order valence-corrected chi connectivity index (χ0v) is 11.6. The van der Waals surface area contributed by atoms with Crippen LogP contribution in [0.4, 0.5) is 4.79 Å². The van der Waals surface area contributed by atoms with Crippen LogP contribution in [-0.2, 0) is 4.79 Å². The predicted molar refractivity (Wildman–Crippen MR) is 70.8 cm³/mol. The number of nitrogens with one attached hydrogen (secondary N) is 1. The van der Waals surface area contributed by atoms with Crippen LogP contribution in [0.1, 0.15) is 39.5 Å². The van der Waals surface area contributed by atoms with E-state index in [1.807, 2.05) is 0 Å². The number of urea groups is 1. The van der Waals surface area contributed by atoms with Crippen LogP contribution in [-0.4, -0.2) is 52.3 Å². The molecule has 0 aromatic heterocycles. The third kappa shape index (κ3) is 4.38. The number of carboxylic acids is 1. The van der Waals surface area contributed by atoms with Crippen LogP contribution in [0.3, 0.4) is 0 Å². The van der Waals surface area contributed by atoms with Crippen molar-refractivity contribution in [2.24, 2.45) is 5.92 Å². The smallest absolute Gasteiger partial charge is 0.326 e. The second-order valence-corrected chi connectivity index (χ2v) is 5.39. The van der Waals surface area contributed by atoms with Gasteiger partial charge in [0.1, 0.15) is 6.04 Å². The Bertz CT molecular complexity index is 320. The number of aliphatic hydroxyl groups is 1. The van der Waals surface area contributed by atoms with Gasteiger partial charge in [0.15, 0.2) is 0 Å². The summed E-state index contributed by atoms with van der Waals surface area (Å²) < 4.78 is 0. The molecule has 2 unspecified atom stereocenters. The molecule has 0 saturated carbocycles. The van der Waals surface area contributed by atoms with Crippen molar-refractivity contribution in [3.05, 3.63) is 0 Å². The van der Waals surface area contributed by atoms with Crippen LogP contribution in [0.2, 0.25) is 0 Å². The van der Waals surface area contributed by atoms with Gasteiger partial charge in [0.25, 0.3) is 0 Å². The molecule has 0 aromatic rings. The van der Waals surface area contributed by atoms with Crippen LogP contribution >= 0.6 is 0 Å². The van der Waals surface area contributed by atoms with Crippen molar-refractivity contribution >= 4 is 12.0 Å². The molecule has 110 valence electrons. The lowest BCUT2D eigenvalue weighted by Crippen LogP contribution is -2.53. The number of amides is 2. The van der Waals surface area contributed by atoms with E-state index in [-0.39, 0.29) is 24.6 Å². The molecular formula is C13H24N2O4. The Morgan fingerprint density at radius 2 is 2.00 bits per heavy atom. The molecule has 0 spiro atoms. The number of aliphatic carboxylic acids is 1. The number of carbonyl (C=O) groups excluding carboxylic acids is 1. The topological polar surface area (TPSA) is 89.9 Å². The number of carbonyl (C=O) groups is 2. The average molecular weight is 272 g/mol. The summed E-state index contributed by atoms with van der Waals surface area (Å²) in [5.41, 5.74) is 0. The van der Waals surface area contributed by atoms with Gasteiger partial charge in [0, 0.05) is 6.54 Å². The van der Waals surface area contributed by atoms with Gasteiger partial charge in [0.05, 0.1) is 12.6 Å². The number of likely N-dealkylation sites (tertiary alicyclic amines) is 1. The Morgan fingerprint density at radius 3 is 2.53 bits per heavy atom. The molecule has 19 heavy (non-hydrogen) atoms. The van der Waals surface area contributed by atoms with E-state index in [0.29, 0.717) is 6.54 Å². The molecule has 1 saturated heterocycles. The van der Waals surface area contributed by atoms with Crippen LogP contribution in [0.15, 0.2) is 0 Å². The molecule has 1 aliphatic rings. The number of carboxylic acid groups (broad SMARTS) is 1. The van der Waals surface area contributed by atoms with Crippen LogP contribution in [0.5, 0.6) is 0 Å². The first kappa shape index (κ1) is 15.8. The van der Waals surface area contributed by atoms with Crippen LogP contribution in [0.25, 0.3) is 0 Å². The summed E-state index contributed by atoms with van der Waals surface area (Å²) in [6, 6.07) is -1.48. The second-order valence-electron chi connectivity index (χ2n) is 5.39. The summed E-state index contributed by atoms with van der Waals surface area (Å²) in [5.74, 6) is -1.21. The Kier molecular flexibility index (Phi) is 6.08. The molecule has 6 nitrogen and oxygen atoms in total.